The summed E-state index contributed by atoms with van der Waals surface area (Å²) in [5.41, 5.74) is 21.1. The number of H-pyrrole nitrogens is 2. The number of nitrogen functional groups attached to an aromatic ring is 4. The van der Waals surface area contributed by atoms with Crippen molar-refractivity contribution in [3.05, 3.63) is 21.4 Å². The molecule has 0 bridgehead atoms. The molecule has 0 aliphatic carbocycles. The fraction of sp³-hybridized carbons (Fsp3) is 0. The van der Waals surface area contributed by atoms with Gasteiger partial charge in [0.2, 0.25) is 0 Å². The number of rotatable bonds is 0. The number of hydrogen-bond donors (Lipinski definition) is 8. The Hall–Kier alpha value is -2.33. The summed E-state index contributed by atoms with van der Waals surface area (Å²) >= 11 is 9.39. The van der Waals surface area contributed by atoms with E-state index in [1.54, 1.807) is 0 Å². The van der Waals surface area contributed by atoms with Crippen molar-refractivity contribution in [2.75, 3.05) is 22.9 Å². The summed E-state index contributed by atoms with van der Waals surface area (Å²) in [6.45, 7) is 0. The highest BCUT2D eigenvalue weighted by molar-refractivity contribution is 7.79. The summed E-state index contributed by atoms with van der Waals surface area (Å²) in [5.74, 6) is 1.38. The summed E-state index contributed by atoms with van der Waals surface area (Å²) in [6, 6.07) is 3.07. The second-order valence-electron chi connectivity index (χ2n) is 3.57. The van der Waals surface area contributed by atoms with Crippen LogP contribution in [0.5, 0.6) is 0 Å². The topological polar surface area (TPSA) is 236 Å². The number of anilines is 4. The Kier molecular flexibility index (Phi) is 8.05. The molecule has 0 aromatic carbocycles. The first-order valence-corrected chi connectivity index (χ1v) is 7.52. The minimum Gasteiger partial charge on any atom is -0.385 e. The highest BCUT2D eigenvalue weighted by Crippen LogP contribution is 1.98. The van der Waals surface area contributed by atoms with Gasteiger partial charge in [-0.3, -0.25) is 9.11 Å². The molecule has 0 fully saturated rings. The molecule has 0 radical (unpaired) electrons. The Balaban J connectivity index is 0.000000332. The number of nitrogens with one attached hydrogen (secondary N) is 2. The van der Waals surface area contributed by atoms with Gasteiger partial charge in [0, 0.05) is 12.1 Å². The minimum absolute atomic E-state index is 0.250. The van der Waals surface area contributed by atoms with Crippen molar-refractivity contribution in [3.8, 4) is 0 Å². The normalized spacial score (nSPS) is 9.83. The van der Waals surface area contributed by atoms with Crippen LogP contribution in [0.4, 0.5) is 23.5 Å². The third-order valence-corrected chi connectivity index (χ3v) is 1.98. The molecular formula is C8H14N8O4S3. The van der Waals surface area contributed by atoms with E-state index in [-0.39, 0.29) is 11.9 Å². The molecule has 0 saturated heterocycles. The molecule has 0 spiro atoms. The van der Waals surface area contributed by atoms with Crippen molar-refractivity contribution in [1.29, 1.82) is 0 Å². The van der Waals surface area contributed by atoms with Crippen molar-refractivity contribution in [2.24, 2.45) is 0 Å². The number of aromatic amines is 2. The van der Waals surface area contributed by atoms with E-state index in [9.17, 15) is 0 Å². The first-order chi connectivity index (χ1) is 10.4. The van der Waals surface area contributed by atoms with Crippen LogP contribution in [0.25, 0.3) is 0 Å². The molecule has 12 nitrogen and oxygen atoms in total. The van der Waals surface area contributed by atoms with E-state index in [4.69, 9.17) is 64.9 Å². The Morgan fingerprint density at radius 1 is 0.870 bits per heavy atom. The van der Waals surface area contributed by atoms with Crippen LogP contribution >= 0.6 is 24.4 Å². The molecule has 128 valence electrons. The summed E-state index contributed by atoms with van der Waals surface area (Å²) in [4.78, 5) is 12.6. The Morgan fingerprint density at radius 3 is 1.30 bits per heavy atom. The number of aromatic nitrogens is 4. The summed E-state index contributed by atoms with van der Waals surface area (Å²) in [7, 11) is -4.67. The van der Waals surface area contributed by atoms with Gasteiger partial charge in [-0.25, -0.2) is 9.97 Å². The summed E-state index contributed by atoms with van der Waals surface area (Å²) < 4.78 is 32.4. The highest BCUT2D eigenvalue weighted by Gasteiger charge is 1.87. The molecule has 0 atom stereocenters. The molecule has 0 saturated carbocycles. The van der Waals surface area contributed by atoms with Crippen LogP contribution in [0.1, 0.15) is 0 Å². The van der Waals surface area contributed by atoms with Gasteiger partial charge < -0.3 is 32.9 Å². The molecule has 0 aliphatic heterocycles. The smallest absolute Gasteiger partial charge is 0.385 e. The lowest BCUT2D eigenvalue weighted by atomic mass is 10.6. The second-order valence-corrected chi connectivity index (χ2v) is 5.30. The van der Waals surface area contributed by atoms with Crippen molar-refractivity contribution in [2.45, 2.75) is 0 Å². The number of nitrogens with two attached hydrogens (primary N) is 4. The van der Waals surface area contributed by atoms with E-state index in [1.165, 1.54) is 12.1 Å². The fourth-order valence-corrected chi connectivity index (χ4v) is 1.44. The van der Waals surface area contributed by atoms with Gasteiger partial charge in [-0.2, -0.15) is 8.42 Å². The van der Waals surface area contributed by atoms with Crippen molar-refractivity contribution in [3.63, 3.8) is 0 Å². The molecule has 0 aliphatic rings. The zero-order valence-electron chi connectivity index (χ0n) is 11.3. The van der Waals surface area contributed by atoms with Gasteiger partial charge in [0.1, 0.15) is 20.9 Å². The lowest BCUT2D eigenvalue weighted by Crippen LogP contribution is -1.98. The predicted molar refractivity (Wildman–Crippen MR) is 90.7 cm³/mol. The van der Waals surface area contributed by atoms with Gasteiger partial charge in [-0.15, -0.1) is 0 Å². The molecule has 2 rings (SSSR count). The van der Waals surface area contributed by atoms with E-state index < -0.39 is 10.4 Å². The SMILES string of the molecule is Nc1cc(=S)nc(N)[nH]1.Nc1cc(=S)nc(N)[nH]1.O=S(=O)(O)O. The Labute approximate surface area is 140 Å². The lowest BCUT2D eigenvalue weighted by Gasteiger charge is -1.93. The molecular weight excluding hydrogens is 368 g/mol. The summed E-state index contributed by atoms with van der Waals surface area (Å²) in [6.07, 6.45) is 0. The molecule has 0 unspecified atom stereocenters. The average molecular weight is 382 g/mol. The van der Waals surface area contributed by atoms with E-state index in [2.05, 4.69) is 19.9 Å². The standard InChI is InChI=1S/2C4H6N4S.H2O4S/c2*5-2-1-3(9)8-4(6)7-2;1-5(2,3)4/h2*1H,(H5,5,6,7,8,9);(H2,1,2,3,4). The molecule has 15 heteroatoms. The van der Waals surface area contributed by atoms with E-state index in [0.29, 0.717) is 20.9 Å². The van der Waals surface area contributed by atoms with Crippen LogP contribution in [-0.4, -0.2) is 37.5 Å². The fourth-order valence-electron chi connectivity index (χ4n) is 0.992. The third kappa shape index (κ3) is 13.1. The van der Waals surface area contributed by atoms with Crippen molar-refractivity contribution >= 4 is 58.4 Å². The quantitative estimate of drug-likeness (QED) is 0.221. The van der Waals surface area contributed by atoms with E-state index in [0.717, 1.165) is 0 Å². The van der Waals surface area contributed by atoms with Crippen LogP contribution in [-0.2, 0) is 10.4 Å². The average Bonchev–Trinajstić information content (AvgIpc) is 2.22. The van der Waals surface area contributed by atoms with Crippen LogP contribution in [0.3, 0.4) is 0 Å². The monoisotopic (exact) mass is 382 g/mol. The van der Waals surface area contributed by atoms with Gasteiger partial charge in [-0.1, -0.05) is 24.4 Å². The zero-order chi connectivity index (χ0) is 18.2. The van der Waals surface area contributed by atoms with Gasteiger partial charge in [0.05, 0.1) is 0 Å². The third-order valence-electron chi connectivity index (χ3n) is 1.56. The number of nitrogens with zero attached hydrogens (tertiary/aromatic N) is 2. The van der Waals surface area contributed by atoms with Crippen LogP contribution in [0.2, 0.25) is 0 Å². The largest absolute Gasteiger partial charge is 0.394 e. The van der Waals surface area contributed by atoms with Crippen LogP contribution < -0.4 is 22.9 Å². The molecule has 23 heavy (non-hydrogen) atoms. The van der Waals surface area contributed by atoms with Gasteiger partial charge >= 0.3 is 10.4 Å². The zero-order valence-corrected chi connectivity index (χ0v) is 13.7. The first kappa shape index (κ1) is 20.7. The predicted octanol–water partition coefficient (Wildman–Crippen LogP) is -0.0456. The van der Waals surface area contributed by atoms with Crippen molar-refractivity contribution < 1.29 is 17.5 Å². The maximum atomic E-state index is 8.74. The minimum atomic E-state index is -4.67. The Bertz CT molecular complexity index is 750. The molecule has 2 aromatic heterocycles. The first-order valence-electron chi connectivity index (χ1n) is 5.31. The molecule has 12 N–H and O–H groups in total. The van der Waals surface area contributed by atoms with Gasteiger partial charge in [0.25, 0.3) is 0 Å². The van der Waals surface area contributed by atoms with E-state index >= 15 is 0 Å². The maximum absolute atomic E-state index is 8.74. The number of hydrogen-bond acceptors (Lipinski definition) is 10. The highest BCUT2D eigenvalue weighted by atomic mass is 32.3. The van der Waals surface area contributed by atoms with Gasteiger partial charge in [-0.05, 0) is 0 Å². The van der Waals surface area contributed by atoms with Crippen LogP contribution in [0.15, 0.2) is 12.1 Å². The van der Waals surface area contributed by atoms with Gasteiger partial charge in [0.15, 0.2) is 11.9 Å². The maximum Gasteiger partial charge on any atom is 0.394 e. The van der Waals surface area contributed by atoms with E-state index in [1.807, 2.05) is 0 Å². The molecule has 0 amide bonds. The lowest BCUT2D eigenvalue weighted by molar-refractivity contribution is 0.381. The molecule has 2 heterocycles. The summed E-state index contributed by atoms with van der Waals surface area (Å²) in [5, 5.41) is 0. The molecule has 2 aromatic rings. The van der Waals surface area contributed by atoms with Crippen molar-refractivity contribution in [1.82, 2.24) is 19.9 Å². The Morgan fingerprint density at radius 2 is 1.13 bits per heavy atom. The van der Waals surface area contributed by atoms with Crippen LogP contribution in [0, 0.1) is 9.28 Å². The second kappa shape index (κ2) is 8.96.